The fourth-order valence-electron chi connectivity index (χ4n) is 2.72. The Morgan fingerprint density at radius 2 is 2.35 bits per heavy atom. The molecule has 0 aliphatic carbocycles. The number of hydrogen-bond donors (Lipinski definition) is 0. The van der Waals surface area contributed by atoms with E-state index in [1.807, 2.05) is 24.7 Å². The van der Waals surface area contributed by atoms with E-state index in [1.54, 1.807) is 6.20 Å². The fraction of sp³-hybridized carbons (Fsp3) is 0.500. The smallest absolute Gasteiger partial charge is 0.138 e. The van der Waals surface area contributed by atoms with Crippen LogP contribution in [0.3, 0.4) is 0 Å². The van der Waals surface area contributed by atoms with Gasteiger partial charge in [0.25, 0.3) is 0 Å². The summed E-state index contributed by atoms with van der Waals surface area (Å²) in [6.07, 6.45) is 4.50. The number of aromatic nitrogens is 3. The van der Waals surface area contributed by atoms with Crippen LogP contribution >= 0.6 is 0 Å². The molecule has 0 radical (unpaired) electrons. The van der Waals surface area contributed by atoms with E-state index in [9.17, 15) is 0 Å². The average molecular weight is 271 g/mol. The Labute approximate surface area is 117 Å². The molecule has 1 aliphatic heterocycles. The first-order valence-electron chi connectivity index (χ1n) is 6.75. The number of nitrogens with zero attached hydrogens (tertiary/aromatic N) is 5. The topological polar surface area (TPSA) is 70.9 Å². The summed E-state index contributed by atoms with van der Waals surface area (Å²) < 4.78 is 7.11. The van der Waals surface area contributed by atoms with Crippen LogP contribution in [0, 0.1) is 25.2 Å². The molecule has 1 aliphatic rings. The third kappa shape index (κ3) is 2.32. The van der Waals surface area contributed by atoms with Crippen molar-refractivity contribution in [2.24, 2.45) is 0 Å². The molecule has 0 bridgehead atoms. The van der Waals surface area contributed by atoms with Crippen LogP contribution in [-0.4, -0.2) is 32.9 Å². The van der Waals surface area contributed by atoms with Gasteiger partial charge in [-0.2, -0.15) is 10.4 Å². The summed E-state index contributed by atoms with van der Waals surface area (Å²) in [5, 5.41) is 17.1. The zero-order chi connectivity index (χ0) is 14.1. The molecule has 2 aromatic rings. The Kier molecular flexibility index (Phi) is 3.28. The van der Waals surface area contributed by atoms with Crippen LogP contribution < -0.4 is 0 Å². The van der Waals surface area contributed by atoms with Crippen LogP contribution in [0.5, 0.6) is 0 Å². The third-order valence-corrected chi connectivity index (χ3v) is 3.92. The Morgan fingerprint density at radius 3 is 3.00 bits per heavy atom. The van der Waals surface area contributed by atoms with Gasteiger partial charge in [0.2, 0.25) is 0 Å². The van der Waals surface area contributed by atoms with Gasteiger partial charge in [0, 0.05) is 31.4 Å². The maximum absolute atomic E-state index is 8.85. The lowest BCUT2D eigenvalue weighted by Crippen LogP contribution is -2.22. The monoisotopic (exact) mass is 271 g/mol. The number of hydrogen-bond acceptors (Lipinski definition) is 5. The first-order valence-corrected chi connectivity index (χ1v) is 6.75. The van der Waals surface area contributed by atoms with E-state index in [0.29, 0.717) is 11.6 Å². The third-order valence-electron chi connectivity index (χ3n) is 3.92. The van der Waals surface area contributed by atoms with Crippen molar-refractivity contribution in [2.75, 3.05) is 13.1 Å². The van der Waals surface area contributed by atoms with Gasteiger partial charge in [0.15, 0.2) is 0 Å². The second-order valence-electron chi connectivity index (χ2n) is 5.30. The molecule has 1 saturated heterocycles. The molecule has 0 saturated carbocycles. The van der Waals surface area contributed by atoms with E-state index >= 15 is 0 Å². The maximum atomic E-state index is 8.85. The highest BCUT2D eigenvalue weighted by Crippen LogP contribution is 2.24. The van der Waals surface area contributed by atoms with E-state index in [1.165, 1.54) is 5.56 Å². The first kappa shape index (κ1) is 12.9. The molecule has 3 heterocycles. The van der Waals surface area contributed by atoms with Crippen LogP contribution in [0.15, 0.2) is 16.9 Å². The summed E-state index contributed by atoms with van der Waals surface area (Å²) in [5.74, 6) is 0.900. The SMILES string of the molecule is Cc1noc(C)c1CN1CCC(n2cc(C#N)cn2)C1. The molecule has 0 N–H and O–H groups in total. The Morgan fingerprint density at radius 1 is 1.50 bits per heavy atom. The van der Waals surface area contributed by atoms with Crippen LogP contribution in [-0.2, 0) is 6.54 Å². The number of likely N-dealkylation sites (tertiary alicyclic amines) is 1. The van der Waals surface area contributed by atoms with Gasteiger partial charge in [-0.25, -0.2) is 0 Å². The van der Waals surface area contributed by atoms with Gasteiger partial charge < -0.3 is 4.52 Å². The zero-order valence-electron chi connectivity index (χ0n) is 11.7. The molecule has 104 valence electrons. The summed E-state index contributed by atoms with van der Waals surface area (Å²) in [4.78, 5) is 2.38. The molecule has 0 spiro atoms. The standard InChI is InChI=1S/C14H17N5O/c1-10-14(11(2)20-17-10)9-18-4-3-13(8-18)19-7-12(5-15)6-16-19/h6-7,13H,3-4,8-9H2,1-2H3. The van der Waals surface area contributed by atoms with Crippen LogP contribution in [0.1, 0.15) is 35.0 Å². The molecule has 6 heteroatoms. The van der Waals surface area contributed by atoms with Crippen LogP contribution in [0.25, 0.3) is 0 Å². The van der Waals surface area contributed by atoms with Crippen molar-refractivity contribution >= 4 is 0 Å². The Balaban J connectivity index is 1.67. The second-order valence-corrected chi connectivity index (χ2v) is 5.30. The normalized spacial score (nSPS) is 19.4. The van der Waals surface area contributed by atoms with Crippen molar-refractivity contribution in [1.82, 2.24) is 19.8 Å². The highest BCUT2D eigenvalue weighted by molar-refractivity contribution is 5.22. The summed E-state index contributed by atoms with van der Waals surface area (Å²) in [7, 11) is 0. The predicted octanol–water partition coefficient (Wildman–Crippen LogP) is 1.81. The molecule has 0 aromatic carbocycles. The van der Waals surface area contributed by atoms with E-state index in [-0.39, 0.29) is 0 Å². The minimum Gasteiger partial charge on any atom is -0.361 e. The first-order chi connectivity index (χ1) is 9.67. The molecule has 1 atom stereocenters. The number of nitriles is 1. The molecule has 1 fully saturated rings. The molecule has 2 aromatic heterocycles. The molecule has 20 heavy (non-hydrogen) atoms. The fourth-order valence-corrected chi connectivity index (χ4v) is 2.72. The highest BCUT2D eigenvalue weighted by atomic mass is 16.5. The van der Waals surface area contributed by atoms with E-state index in [4.69, 9.17) is 9.78 Å². The van der Waals surface area contributed by atoms with Gasteiger partial charge >= 0.3 is 0 Å². The molecule has 6 nitrogen and oxygen atoms in total. The Bertz CT molecular complexity index is 631. The van der Waals surface area contributed by atoms with Crippen molar-refractivity contribution in [3.05, 3.63) is 35.0 Å². The number of aryl methyl sites for hydroxylation is 2. The van der Waals surface area contributed by atoms with Crippen LogP contribution in [0.4, 0.5) is 0 Å². The lowest BCUT2D eigenvalue weighted by Gasteiger charge is -2.15. The van der Waals surface area contributed by atoms with Crippen LogP contribution in [0.2, 0.25) is 0 Å². The minimum absolute atomic E-state index is 0.345. The van der Waals surface area contributed by atoms with Gasteiger partial charge in [-0.3, -0.25) is 9.58 Å². The van der Waals surface area contributed by atoms with Gasteiger partial charge in [-0.15, -0.1) is 0 Å². The van der Waals surface area contributed by atoms with Crippen molar-refractivity contribution < 1.29 is 4.52 Å². The van der Waals surface area contributed by atoms with Gasteiger partial charge in [-0.1, -0.05) is 5.16 Å². The molecular formula is C14H17N5O. The summed E-state index contributed by atoms with van der Waals surface area (Å²) >= 11 is 0. The van der Waals surface area contributed by atoms with Crippen molar-refractivity contribution in [3.63, 3.8) is 0 Å². The quantitative estimate of drug-likeness (QED) is 0.851. The second kappa shape index (κ2) is 5.10. The van der Waals surface area contributed by atoms with Gasteiger partial charge in [-0.05, 0) is 20.3 Å². The molecule has 1 unspecified atom stereocenters. The Hall–Kier alpha value is -2.13. The maximum Gasteiger partial charge on any atom is 0.138 e. The molecule has 0 amide bonds. The molecular weight excluding hydrogens is 254 g/mol. The predicted molar refractivity (Wildman–Crippen MR) is 71.9 cm³/mol. The molecule has 3 rings (SSSR count). The van der Waals surface area contributed by atoms with E-state index in [0.717, 1.165) is 37.5 Å². The van der Waals surface area contributed by atoms with E-state index < -0.39 is 0 Å². The summed E-state index contributed by atoms with van der Waals surface area (Å²) in [5.41, 5.74) is 2.77. The summed E-state index contributed by atoms with van der Waals surface area (Å²) in [6, 6.07) is 2.46. The van der Waals surface area contributed by atoms with Crippen molar-refractivity contribution in [1.29, 1.82) is 5.26 Å². The zero-order valence-corrected chi connectivity index (χ0v) is 11.7. The van der Waals surface area contributed by atoms with E-state index in [2.05, 4.69) is 21.2 Å². The summed E-state index contributed by atoms with van der Waals surface area (Å²) in [6.45, 7) is 6.76. The lowest BCUT2D eigenvalue weighted by atomic mass is 10.2. The largest absolute Gasteiger partial charge is 0.361 e. The minimum atomic E-state index is 0.345. The van der Waals surface area contributed by atoms with Gasteiger partial charge in [0.05, 0.1) is 23.5 Å². The average Bonchev–Trinajstić information content (AvgIpc) is 3.14. The lowest BCUT2D eigenvalue weighted by molar-refractivity contribution is 0.308. The highest BCUT2D eigenvalue weighted by Gasteiger charge is 2.26. The number of rotatable bonds is 3. The van der Waals surface area contributed by atoms with Crippen molar-refractivity contribution in [3.8, 4) is 6.07 Å². The van der Waals surface area contributed by atoms with Crippen molar-refractivity contribution in [2.45, 2.75) is 32.9 Å². The van der Waals surface area contributed by atoms with Gasteiger partial charge in [0.1, 0.15) is 11.8 Å².